The summed E-state index contributed by atoms with van der Waals surface area (Å²) in [5, 5.41) is 0. The predicted octanol–water partition coefficient (Wildman–Crippen LogP) is 2.01. The molecule has 1 aliphatic rings. The van der Waals surface area contributed by atoms with E-state index >= 15 is 0 Å². The largest absolute Gasteiger partial charge is 0.378 e. The Morgan fingerprint density at radius 2 is 2.17 bits per heavy atom. The first-order valence-electron chi connectivity index (χ1n) is 8.14. The summed E-state index contributed by atoms with van der Waals surface area (Å²) in [6.45, 7) is 3.63. The average Bonchev–Trinajstić information content (AvgIpc) is 2.99. The van der Waals surface area contributed by atoms with E-state index in [0.717, 1.165) is 17.1 Å². The second-order valence-electron chi connectivity index (χ2n) is 6.40. The number of hydrogen-bond donors (Lipinski definition) is 0. The SMILES string of the molecule is Cc1cc(N(C)C)cc([C@H]2CN(C(=O)c3cccn3C)CCO2)n1. The van der Waals surface area contributed by atoms with Crippen molar-refractivity contribution in [1.29, 1.82) is 0 Å². The van der Waals surface area contributed by atoms with Crippen molar-refractivity contribution in [2.75, 3.05) is 38.7 Å². The quantitative estimate of drug-likeness (QED) is 0.865. The Kier molecular flexibility index (Phi) is 4.57. The number of aromatic nitrogens is 2. The van der Waals surface area contributed by atoms with Gasteiger partial charge in [-0.05, 0) is 31.2 Å². The molecule has 0 N–H and O–H groups in total. The van der Waals surface area contributed by atoms with E-state index in [4.69, 9.17) is 4.74 Å². The first kappa shape index (κ1) is 16.5. The van der Waals surface area contributed by atoms with Crippen LogP contribution in [0.5, 0.6) is 0 Å². The molecule has 2 aromatic heterocycles. The van der Waals surface area contributed by atoms with Gasteiger partial charge in [0.05, 0.1) is 18.8 Å². The Bertz CT molecular complexity index is 738. The summed E-state index contributed by atoms with van der Waals surface area (Å²) in [5.41, 5.74) is 3.61. The Morgan fingerprint density at radius 1 is 1.38 bits per heavy atom. The van der Waals surface area contributed by atoms with Crippen LogP contribution in [0.4, 0.5) is 5.69 Å². The maximum Gasteiger partial charge on any atom is 0.270 e. The molecule has 24 heavy (non-hydrogen) atoms. The fourth-order valence-electron chi connectivity index (χ4n) is 2.96. The van der Waals surface area contributed by atoms with Crippen LogP contribution in [0.15, 0.2) is 30.5 Å². The second kappa shape index (κ2) is 6.65. The van der Waals surface area contributed by atoms with Gasteiger partial charge in [-0.15, -0.1) is 0 Å². The second-order valence-corrected chi connectivity index (χ2v) is 6.40. The molecule has 0 bridgehead atoms. The fraction of sp³-hybridized carbons (Fsp3) is 0.444. The van der Waals surface area contributed by atoms with Crippen LogP contribution in [0.3, 0.4) is 0 Å². The van der Waals surface area contributed by atoms with Crippen molar-refractivity contribution in [2.45, 2.75) is 13.0 Å². The van der Waals surface area contributed by atoms with Crippen molar-refractivity contribution < 1.29 is 9.53 Å². The molecule has 2 aromatic rings. The lowest BCUT2D eigenvalue weighted by atomic mass is 10.1. The van der Waals surface area contributed by atoms with Gasteiger partial charge in [-0.1, -0.05) is 0 Å². The topological polar surface area (TPSA) is 50.6 Å². The third-order valence-corrected chi connectivity index (χ3v) is 4.32. The highest BCUT2D eigenvalue weighted by Gasteiger charge is 2.28. The molecule has 1 fully saturated rings. The minimum Gasteiger partial charge on any atom is -0.378 e. The van der Waals surface area contributed by atoms with Crippen LogP contribution >= 0.6 is 0 Å². The molecule has 1 aliphatic heterocycles. The summed E-state index contributed by atoms with van der Waals surface area (Å²) in [7, 11) is 5.90. The standard InChI is InChI=1S/C18H24N4O2/c1-13-10-14(20(2)3)11-15(19-13)17-12-22(8-9-24-17)18(23)16-6-5-7-21(16)4/h5-7,10-11,17H,8-9,12H2,1-4H3/t17-/m1/s1. The van der Waals surface area contributed by atoms with Gasteiger partial charge in [0, 0.05) is 45.3 Å². The lowest BCUT2D eigenvalue weighted by molar-refractivity contribution is -0.0250. The fourth-order valence-corrected chi connectivity index (χ4v) is 2.96. The number of carbonyl (C=O) groups excluding carboxylic acids is 1. The van der Waals surface area contributed by atoms with Crippen molar-refractivity contribution in [2.24, 2.45) is 7.05 Å². The van der Waals surface area contributed by atoms with Crippen molar-refractivity contribution in [1.82, 2.24) is 14.5 Å². The van der Waals surface area contributed by atoms with Crippen LogP contribution in [-0.4, -0.2) is 54.1 Å². The first-order valence-corrected chi connectivity index (χ1v) is 8.14. The van der Waals surface area contributed by atoms with Gasteiger partial charge in [0.2, 0.25) is 0 Å². The summed E-state index contributed by atoms with van der Waals surface area (Å²) in [6.07, 6.45) is 1.69. The molecule has 1 saturated heterocycles. The number of aryl methyl sites for hydroxylation is 2. The third kappa shape index (κ3) is 3.28. The van der Waals surface area contributed by atoms with Gasteiger partial charge in [-0.2, -0.15) is 0 Å². The molecule has 6 nitrogen and oxygen atoms in total. The summed E-state index contributed by atoms with van der Waals surface area (Å²) in [5.74, 6) is 0.0382. The molecule has 0 spiro atoms. The van der Waals surface area contributed by atoms with Crippen molar-refractivity contribution in [3.05, 3.63) is 47.5 Å². The maximum atomic E-state index is 12.7. The maximum absolute atomic E-state index is 12.7. The minimum atomic E-state index is -0.193. The Hall–Kier alpha value is -2.34. The minimum absolute atomic E-state index is 0.0382. The molecule has 0 saturated carbocycles. The van der Waals surface area contributed by atoms with Gasteiger partial charge >= 0.3 is 0 Å². The zero-order valence-corrected chi connectivity index (χ0v) is 14.7. The van der Waals surface area contributed by atoms with Crippen LogP contribution in [0, 0.1) is 6.92 Å². The predicted molar refractivity (Wildman–Crippen MR) is 93.3 cm³/mol. The highest BCUT2D eigenvalue weighted by molar-refractivity contribution is 5.92. The lowest BCUT2D eigenvalue weighted by Gasteiger charge is -2.33. The molecule has 3 rings (SSSR count). The van der Waals surface area contributed by atoms with Crippen LogP contribution < -0.4 is 4.90 Å². The number of amides is 1. The third-order valence-electron chi connectivity index (χ3n) is 4.32. The Balaban J connectivity index is 1.81. The van der Waals surface area contributed by atoms with E-state index in [1.54, 1.807) is 0 Å². The number of morpholine rings is 1. The highest BCUT2D eigenvalue weighted by atomic mass is 16.5. The number of pyridine rings is 1. The number of hydrogen-bond acceptors (Lipinski definition) is 4. The van der Waals surface area contributed by atoms with Crippen molar-refractivity contribution >= 4 is 11.6 Å². The number of carbonyl (C=O) groups is 1. The zero-order chi connectivity index (χ0) is 17.3. The van der Waals surface area contributed by atoms with Crippen LogP contribution in [0.2, 0.25) is 0 Å². The van der Waals surface area contributed by atoms with E-state index in [0.29, 0.717) is 25.4 Å². The Labute approximate surface area is 142 Å². The zero-order valence-electron chi connectivity index (χ0n) is 14.7. The molecule has 0 aliphatic carbocycles. The van der Waals surface area contributed by atoms with E-state index in [2.05, 4.69) is 4.98 Å². The molecule has 1 amide bonds. The monoisotopic (exact) mass is 328 g/mol. The number of nitrogens with zero attached hydrogens (tertiary/aromatic N) is 4. The smallest absolute Gasteiger partial charge is 0.270 e. The molecule has 6 heteroatoms. The lowest BCUT2D eigenvalue weighted by Crippen LogP contribution is -2.43. The van der Waals surface area contributed by atoms with Gasteiger partial charge in [-0.3, -0.25) is 9.78 Å². The van der Waals surface area contributed by atoms with E-state index in [9.17, 15) is 4.79 Å². The van der Waals surface area contributed by atoms with Gasteiger partial charge in [-0.25, -0.2) is 0 Å². The van der Waals surface area contributed by atoms with E-state index in [1.165, 1.54) is 0 Å². The average molecular weight is 328 g/mol. The van der Waals surface area contributed by atoms with Crippen LogP contribution in [0.1, 0.15) is 28.0 Å². The van der Waals surface area contributed by atoms with Gasteiger partial charge in [0.1, 0.15) is 11.8 Å². The summed E-state index contributed by atoms with van der Waals surface area (Å²) in [6, 6.07) is 7.81. The van der Waals surface area contributed by atoms with E-state index in [-0.39, 0.29) is 12.0 Å². The van der Waals surface area contributed by atoms with Crippen molar-refractivity contribution in [3.8, 4) is 0 Å². The molecule has 0 radical (unpaired) electrons. The van der Waals surface area contributed by atoms with Gasteiger partial charge in [0.25, 0.3) is 5.91 Å². The summed E-state index contributed by atoms with van der Waals surface area (Å²) < 4.78 is 7.75. The van der Waals surface area contributed by atoms with Gasteiger partial charge < -0.3 is 19.1 Å². The van der Waals surface area contributed by atoms with Crippen LogP contribution in [-0.2, 0) is 11.8 Å². The molecule has 1 atom stereocenters. The van der Waals surface area contributed by atoms with Crippen molar-refractivity contribution in [3.63, 3.8) is 0 Å². The molecular formula is C18H24N4O2. The molecular weight excluding hydrogens is 304 g/mol. The molecule has 3 heterocycles. The molecule has 0 aromatic carbocycles. The van der Waals surface area contributed by atoms with E-state index < -0.39 is 0 Å². The number of ether oxygens (including phenoxy) is 1. The number of rotatable bonds is 3. The van der Waals surface area contributed by atoms with Gasteiger partial charge in [0.15, 0.2) is 0 Å². The Morgan fingerprint density at radius 3 is 2.83 bits per heavy atom. The normalized spacial score (nSPS) is 17.8. The summed E-state index contributed by atoms with van der Waals surface area (Å²) >= 11 is 0. The molecule has 0 unspecified atom stereocenters. The highest BCUT2D eigenvalue weighted by Crippen LogP contribution is 2.25. The number of anilines is 1. The summed E-state index contributed by atoms with van der Waals surface area (Å²) in [4.78, 5) is 21.2. The van der Waals surface area contributed by atoms with Crippen LogP contribution in [0.25, 0.3) is 0 Å². The first-order chi connectivity index (χ1) is 11.5. The van der Waals surface area contributed by atoms with E-state index in [1.807, 2.05) is 72.9 Å². The molecule has 128 valence electrons.